The molecular weight excluding hydrogens is 259 g/mol. The minimum Gasteiger partial charge on any atom is -0.494 e. The zero-order chi connectivity index (χ0) is 14.5. The van der Waals surface area contributed by atoms with Crippen LogP contribution in [0.15, 0.2) is 41.0 Å². The van der Waals surface area contributed by atoms with E-state index in [0.717, 1.165) is 11.3 Å². The van der Waals surface area contributed by atoms with Gasteiger partial charge in [0.05, 0.1) is 19.9 Å². The van der Waals surface area contributed by atoms with Crippen LogP contribution in [0.1, 0.15) is 17.4 Å². The van der Waals surface area contributed by atoms with E-state index in [1.54, 1.807) is 12.3 Å². The molecule has 0 aliphatic rings. The van der Waals surface area contributed by atoms with E-state index in [0.29, 0.717) is 13.1 Å². The molecule has 5 heteroatoms. The summed E-state index contributed by atoms with van der Waals surface area (Å²) in [5.41, 5.74) is 6.65. The van der Waals surface area contributed by atoms with Crippen LogP contribution < -0.4 is 10.5 Å². The third-order valence-corrected chi connectivity index (χ3v) is 3.30. The minimum atomic E-state index is -0.380. The first-order valence-electron chi connectivity index (χ1n) is 6.41. The molecule has 0 fully saturated rings. The van der Waals surface area contributed by atoms with Gasteiger partial charge in [0.2, 0.25) is 0 Å². The fraction of sp³-hybridized carbons (Fsp3) is 0.333. The SMILES string of the molecule is COc1ccc(C(CN)N(C)Cc2ccco2)cc1F. The largest absolute Gasteiger partial charge is 0.494 e. The second-order valence-corrected chi connectivity index (χ2v) is 4.64. The van der Waals surface area contributed by atoms with E-state index in [1.165, 1.54) is 13.2 Å². The molecule has 1 atom stereocenters. The molecule has 0 spiro atoms. The molecule has 108 valence electrons. The first-order chi connectivity index (χ1) is 9.65. The van der Waals surface area contributed by atoms with Crippen molar-refractivity contribution in [3.05, 3.63) is 53.7 Å². The van der Waals surface area contributed by atoms with Gasteiger partial charge in [-0.15, -0.1) is 0 Å². The van der Waals surface area contributed by atoms with Gasteiger partial charge in [0.1, 0.15) is 5.76 Å². The molecule has 1 unspecified atom stereocenters. The number of rotatable bonds is 6. The summed E-state index contributed by atoms with van der Waals surface area (Å²) in [7, 11) is 3.38. The summed E-state index contributed by atoms with van der Waals surface area (Å²) in [5, 5.41) is 0. The van der Waals surface area contributed by atoms with Crippen molar-refractivity contribution in [2.45, 2.75) is 12.6 Å². The molecule has 2 N–H and O–H groups in total. The predicted molar refractivity (Wildman–Crippen MR) is 74.9 cm³/mol. The van der Waals surface area contributed by atoms with Gasteiger partial charge in [0.15, 0.2) is 11.6 Å². The van der Waals surface area contributed by atoms with Crippen LogP contribution in [-0.4, -0.2) is 25.6 Å². The van der Waals surface area contributed by atoms with E-state index >= 15 is 0 Å². The Kier molecular flexibility index (Phi) is 4.76. The second kappa shape index (κ2) is 6.54. The van der Waals surface area contributed by atoms with Crippen molar-refractivity contribution in [3.8, 4) is 5.75 Å². The normalized spacial score (nSPS) is 12.7. The predicted octanol–water partition coefficient (Wildman–Crippen LogP) is 2.56. The molecule has 1 aromatic carbocycles. The Morgan fingerprint density at radius 1 is 1.40 bits per heavy atom. The lowest BCUT2D eigenvalue weighted by atomic mass is 10.1. The summed E-state index contributed by atoms with van der Waals surface area (Å²) in [5.74, 6) is 0.702. The maximum atomic E-state index is 13.8. The van der Waals surface area contributed by atoms with Gasteiger partial charge in [-0.25, -0.2) is 4.39 Å². The molecule has 0 bridgehead atoms. The molecule has 0 amide bonds. The number of ether oxygens (including phenoxy) is 1. The van der Waals surface area contributed by atoms with Crippen molar-refractivity contribution < 1.29 is 13.5 Å². The third-order valence-electron chi connectivity index (χ3n) is 3.30. The Morgan fingerprint density at radius 2 is 2.20 bits per heavy atom. The van der Waals surface area contributed by atoms with Gasteiger partial charge >= 0.3 is 0 Å². The Balaban J connectivity index is 2.16. The Bertz CT molecular complexity index is 543. The van der Waals surface area contributed by atoms with E-state index in [4.69, 9.17) is 14.9 Å². The fourth-order valence-electron chi connectivity index (χ4n) is 2.22. The van der Waals surface area contributed by atoms with Gasteiger partial charge < -0.3 is 14.9 Å². The topological polar surface area (TPSA) is 51.6 Å². The highest BCUT2D eigenvalue weighted by molar-refractivity contribution is 5.31. The minimum absolute atomic E-state index is 0.0829. The molecular formula is C15H19FN2O2. The highest BCUT2D eigenvalue weighted by Gasteiger charge is 2.18. The number of likely N-dealkylation sites (N-methyl/N-ethyl adjacent to an activating group) is 1. The molecule has 20 heavy (non-hydrogen) atoms. The number of hydrogen-bond acceptors (Lipinski definition) is 4. The molecule has 2 rings (SSSR count). The highest BCUT2D eigenvalue weighted by Crippen LogP contribution is 2.25. The van der Waals surface area contributed by atoms with Crippen molar-refractivity contribution >= 4 is 0 Å². The first-order valence-corrected chi connectivity index (χ1v) is 6.41. The van der Waals surface area contributed by atoms with Gasteiger partial charge in [-0.2, -0.15) is 0 Å². The molecule has 0 aliphatic carbocycles. The van der Waals surface area contributed by atoms with Gasteiger partial charge in [0.25, 0.3) is 0 Å². The lowest BCUT2D eigenvalue weighted by Crippen LogP contribution is -2.30. The van der Waals surface area contributed by atoms with Gasteiger partial charge in [-0.3, -0.25) is 4.90 Å². The summed E-state index contributed by atoms with van der Waals surface area (Å²) in [4.78, 5) is 2.03. The van der Waals surface area contributed by atoms with Crippen molar-refractivity contribution in [2.75, 3.05) is 20.7 Å². The molecule has 2 aromatic rings. The van der Waals surface area contributed by atoms with E-state index in [2.05, 4.69) is 0 Å². The van der Waals surface area contributed by atoms with Crippen molar-refractivity contribution in [1.29, 1.82) is 0 Å². The summed E-state index contributed by atoms with van der Waals surface area (Å²) in [6, 6.07) is 8.58. The zero-order valence-corrected chi connectivity index (χ0v) is 11.7. The number of nitrogens with two attached hydrogens (primary N) is 1. The molecule has 0 radical (unpaired) electrons. The van der Waals surface area contributed by atoms with Crippen LogP contribution in [0.3, 0.4) is 0 Å². The first kappa shape index (κ1) is 14.6. The molecule has 4 nitrogen and oxygen atoms in total. The maximum Gasteiger partial charge on any atom is 0.165 e. The van der Waals surface area contributed by atoms with Crippen molar-refractivity contribution in [1.82, 2.24) is 4.90 Å². The van der Waals surface area contributed by atoms with Gasteiger partial charge in [-0.05, 0) is 36.9 Å². The quantitative estimate of drug-likeness (QED) is 0.882. The summed E-state index contributed by atoms with van der Waals surface area (Å²) >= 11 is 0. The summed E-state index contributed by atoms with van der Waals surface area (Å²) < 4.78 is 24.0. The maximum absolute atomic E-state index is 13.8. The number of methoxy groups -OCH3 is 1. The molecule has 0 saturated carbocycles. The molecule has 1 heterocycles. The van der Waals surface area contributed by atoms with Crippen LogP contribution in [0, 0.1) is 5.82 Å². The van der Waals surface area contributed by atoms with Crippen LogP contribution in [0.2, 0.25) is 0 Å². The molecule has 0 aliphatic heterocycles. The molecule has 0 saturated heterocycles. The number of halogens is 1. The van der Waals surface area contributed by atoms with Crippen LogP contribution in [-0.2, 0) is 6.54 Å². The number of hydrogen-bond donors (Lipinski definition) is 1. The average molecular weight is 278 g/mol. The summed E-state index contributed by atoms with van der Waals surface area (Å²) in [6.07, 6.45) is 1.63. The van der Waals surface area contributed by atoms with Crippen LogP contribution in [0.4, 0.5) is 4.39 Å². The van der Waals surface area contributed by atoms with E-state index in [1.807, 2.05) is 30.1 Å². The van der Waals surface area contributed by atoms with Crippen LogP contribution in [0.25, 0.3) is 0 Å². The summed E-state index contributed by atoms with van der Waals surface area (Å²) in [6.45, 7) is 1.01. The lowest BCUT2D eigenvalue weighted by molar-refractivity contribution is 0.222. The lowest BCUT2D eigenvalue weighted by Gasteiger charge is -2.26. The third kappa shape index (κ3) is 3.18. The van der Waals surface area contributed by atoms with Crippen LogP contribution in [0.5, 0.6) is 5.75 Å². The van der Waals surface area contributed by atoms with E-state index in [9.17, 15) is 4.39 Å². The van der Waals surface area contributed by atoms with Gasteiger partial charge in [-0.1, -0.05) is 6.07 Å². The number of benzene rings is 1. The zero-order valence-electron chi connectivity index (χ0n) is 11.7. The second-order valence-electron chi connectivity index (χ2n) is 4.64. The van der Waals surface area contributed by atoms with Crippen molar-refractivity contribution in [2.24, 2.45) is 5.73 Å². The van der Waals surface area contributed by atoms with Crippen molar-refractivity contribution in [3.63, 3.8) is 0 Å². The van der Waals surface area contributed by atoms with E-state index in [-0.39, 0.29) is 17.6 Å². The monoisotopic (exact) mass is 278 g/mol. The van der Waals surface area contributed by atoms with Crippen LogP contribution >= 0.6 is 0 Å². The smallest absolute Gasteiger partial charge is 0.165 e. The highest BCUT2D eigenvalue weighted by atomic mass is 19.1. The number of nitrogens with zero attached hydrogens (tertiary/aromatic N) is 1. The Hall–Kier alpha value is -1.85. The van der Waals surface area contributed by atoms with E-state index < -0.39 is 0 Å². The van der Waals surface area contributed by atoms with Gasteiger partial charge in [0, 0.05) is 12.6 Å². The average Bonchev–Trinajstić information content (AvgIpc) is 2.92. The number of furan rings is 1. The standard InChI is InChI=1S/C15H19FN2O2/c1-18(10-12-4-3-7-20-12)14(9-17)11-5-6-15(19-2)13(16)8-11/h3-8,14H,9-10,17H2,1-2H3. The Morgan fingerprint density at radius 3 is 2.75 bits per heavy atom. The Labute approximate surface area is 117 Å². The fourth-order valence-corrected chi connectivity index (χ4v) is 2.22. The molecule has 1 aromatic heterocycles.